The Balaban J connectivity index is 1.45. The third-order valence-corrected chi connectivity index (χ3v) is 18.1. The number of anilines is 1. The molecule has 1 aromatic carbocycles. The average molecular weight is 613 g/mol. The van der Waals surface area contributed by atoms with Crippen molar-refractivity contribution in [1.82, 2.24) is 34.7 Å². The van der Waals surface area contributed by atoms with Crippen LogP contribution in [-0.2, 0) is 13.6 Å². The van der Waals surface area contributed by atoms with Crippen LogP contribution in [0.2, 0.25) is 36.3 Å². The summed E-state index contributed by atoms with van der Waals surface area (Å²) in [6.07, 6.45) is 1.54. The highest BCUT2D eigenvalue weighted by Crippen LogP contribution is 2.43. The standard InChI is InChI=1S/C28H44N8O4Si2/c1-27(2,3)41(7,8)37-16-21-20(40-42(9,10)28(4,5)6)15-22(38-21)35-17-30-23-24(35)31-26(29)32-25(23)39-36-19-14-12-11-13-18(19)33-34-36/h11-14,17,20-22H,15-16H2,1-10H3,(H2,29,31,32)/t20-,21+,22+/m0/s1. The predicted octanol–water partition coefficient (Wildman–Crippen LogP) is 5.70. The normalized spacial score (nSPS) is 20.6. The van der Waals surface area contributed by atoms with Gasteiger partial charge in [-0.25, -0.2) is 4.98 Å². The topological polar surface area (TPSA) is 137 Å². The highest BCUT2D eigenvalue weighted by atomic mass is 28.4. The van der Waals surface area contributed by atoms with E-state index in [0.717, 1.165) is 0 Å². The van der Waals surface area contributed by atoms with E-state index in [1.165, 1.54) is 4.85 Å². The summed E-state index contributed by atoms with van der Waals surface area (Å²) < 4.78 is 22.1. The Morgan fingerprint density at radius 1 is 1.00 bits per heavy atom. The monoisotopic (exact) mass is 612 g/mol. The van der Waals surface area contributed by atoms with Crippen molar-refractivity contribution in [1.29, 1.82) is 0 Å². The van der Waals surface area contributed by atoms with Crippen molar-refractivity contribution in [2.45, 2.75) is 103 Å². The number of rotatable bonds is 8. The molecular weight excluding hydrogens is 569 g/mol. The van der Waals surface area contributed by atoms with Crippen LogP contribution < -0.4 is 10.6 Å². The van der Waals surface area contributed by atoms with E-state index in [4.69, 9.17) is 24.2 Å². The first-order valence-electron chi connectivity index (χ1n) is 14.4. The Hall–Kier alpha value is -2.92. The van der Waals surface area contributed by atoms with E-state index in [9.17, 15) is 0 Å². The summed E-state index contributed by atoms with van der Waals surface area (Å²) in [7, 11) is -4.10. The van der Waals surface area contributed by atoms with Gasteiger partial charge < -0.3 is 24.2 Å². The molecule has 14 heteroatoms. The molecule has 1 fully saturated rings. The van der Waals surface area contributed by atoms with Crippen LogP contribution in [0.1, 0.15) is 54.2 Å². The molecule has 0 saturated carbocycles. The second-order valence-electron chi connectivity index (χ2n) is 14.1. The first-order chi connectivity index (χ1) is 19.5. The van der Waals surface area contributed by atoms with Gasteiger partial charge in [0.05, 0.1) is 19.0 Å². The number of nitrogens with two attached hydrogens (primary N) is 1. The van der Waals surface area contributed by atoms with Crippen LogP contribution in [0.25, 0.3) is 22.2 Å². The molecule has 4 heterocycles. The summed E-state index contributed by atoms with van der Waals surface area (Å²) in [5.41, 5.74) is 8.48. The van der Waals surface area contributed by atoms with Gasteiger partial charge in [-0.15, -0.1) is 5.10 Å². The fourth-order valence-corrected chi connectivity index (χ4v) is 6.76. The highest BCUT2D eigenvalue weighted by molar-refractivity contribution is 6.74. The summed E-state index contributed by atoms with van der Waals surface area (Å²) >= 11 is 0. The molecule has 2 N–H and O–H groups in total. The summed E-state index contributed by atoms with van der Waals surface area (Å²) in [5, 5.41) is 8.39. The number of nitrogens with zero attached hydrogens (tertiary/aromatic N) is 7. The molecule has 42 heavy (non-hydrogen) atoms. The third-order valence-electron chi connectivity index (χ3n) is 9.06. The Kier molecular flexibility index (Phi) is 7.75. The minimum atomic E-state index is -2.10. The van der Waals surface area contributed by atoms with Crippen LogP contribution >= 0.6 is 0 Å². The molecule has 0 amide bonds. The molecule has 1 saturated heterocycles. The third kappa shape index (κ3) is 5.82. The van der Waals surface area contributed by atoms with Crippen LogP contribution in [0, 0.1) is 0 Å². The van der Waals surface area contributed by atoms with Crippen molar-refractivity contribution in [3.8, 4) is 5.88 Å². The van der Waals surface area contributed by atoms with E-state index in [2.05, 4.69) is 93.0 Å². The van der Waals surface area contributed by atoms with Gasteiger partial charge in [0.2, 0.25) is 5.95 Å². The van der Waals surface area contributed by atoms with Crippen LogP contribution in [-0.4, -0.2) is 70.1 Å². The number of hydrogen-bond acceptors (Lipinski definition) is 10. The molecule has 0 spiro atoms. The second kappa shape index (κ2) is 10.7. The molecule has 0 aliphatic carbocycles. The minimum absolute atomic E-state index is 0.0496. The zero-order valence-corrected chi connectivity index (χ0v) is 28.4. The van der Waals surface area contributed by atoms with E-state index < -0.39 is 16.6 Å². The maximum Gasteiger partial charge on any atom is 0.281 e. The smallest absolute Gasteiger partial charge is 0.281 e. The maximum absolute atomic E-state index is 6.94. The molecule has 5 rings (SSSR count). The lowest BCUT2D eigenvalue weighted by molar-refractivity contribution is -0.0383. The first-order valence-corrected chi connectivity index (χ1v) is 20.2. The van der Waals surface area contributed by atoms with E-state index >= 15 is 0 Å². The minimum Gasteiger partial charge on any atom is -0.414 e. The Morgan fingerprint density at radius 2 is 1.69 bits per heavy atom. The predicted molar refractivity (Wildman–Crippen MR) is 167 cm³/mol. The second-order valence-corrected chi connectivity index (χ2v) is 23.7. The summed E-state index contributed by atoms with van der Waals surface area (Å²) in [4.78, 5) is 20.8. The molecule has 0 radical (unpaired) electrons. The quantitative estimate of drug-likeness (QED) is 0.247. The Morgan fingerprint density at radius 3 is 2.38 bits per heavy atom. The lowest BCUT2D eigenvalue weighted by Gasteiger charge is -2.40. The van der Waals surface area contributed by atoms with Crippen molar-refractivity contribution in [3.63, 3.8) is 0 Å². The number of para-hydroxylation sites is 1. The van der Waals surface area contributed by atoms with Crippen molar-refractivity contribution in [3.05, 3.63) is 30.6 Å². The number of ether oxygens (including phenoxy) is 1. The maximum atomic E-state index is 6.94. The molecule has 3 aromatic heterocycles. The van der Waals surface area contributed by atoms with Gasteiger partial charge in [-0.3, -0.25) is 4.57 Å². The lowest BCUT2D eigenvalue weighted by atomic mass is 10.2. The molecule has 4 aromatic rings. The zero-order chi connectivity index (χ0) is 30.7. The molecule has 0 unspecified atom stereocenters. The summed E-state index contributed by atoms with van der Waals surface area (Å²) in [6.45, 7) is 23.0. The van der Waals surface area contributed by atoms with E-state index in [0.29, 0.717) is 35.2 Å². The Labute approximate surface area is 249 Å². The van der Waals surface area contributed by atoms with Gasteiger partial charge in [-0.05, 0) is 53.6 Å². The van der Waals surface area contributed by atoms with Crippen molar-refractivity contribution in [2.75, 3.05) is 12.3 Å². The summed E-state index contributed by atoms with van der Waals surface area (Å²) in [5.74, 6) is 0.227. The van der Waals surface area contributed by atoms with E-state index in [1.807, 2.05) is 28.8 Å². The molecule has 1 aliphatic rings. The molecular formula is C28H44N8O4Si2. The van der Waals surface area contributed by atoms with Crippen molar-refractivity contribution < 1.29 is 18.4 Å². The number of fused-ring (bicyclic) bond motifs is 2. The van der Waals surface area contributed by atoms with Crippen LogP contribution in [0.15, 0.2) is 30.6 Å². The van der Waals surface area contributed by atoms with Crippen LogP contribution in [0.5, 0.6) is 5.88 Å². The number of benzene rings is 1. The number of hydrogen-bond donors (Lipinski definition) is 1. The van der Waals surface area contributed by atoms with Gasteiger partial charge in [0, 0.05) is 6.42 Å². The number of imidazole rings is 1. The van der Waals surface area contributed by atoms with Gasteiger partial charge in [0.15, 0.2) is 27.8 Å². The van der Waals surface area contributed by atoms with Crippen molar-refractivity contribution >= 4 is 44.8 Å². The van der Waals surface area contributed by atoms with Crippen LogP contribution in [0.4, 0.5) is 5.95 Å². The number of aromatic nitrogens is 7. The Bertz CT molecular complexity index is 1570. The van der Waals surface area contributed by atoms with E-state index in [-0.39, 0.29) is 40.3 Å². The van der Waals surface area contributed by atoms with E-state index in [1.54, 1.807) is 6.33 Å². The average Bonchev–Trinajstić information content (AvgIpc) is 3.58. The SMILES string of the molecule is CC(C)(C)[Si](C)(C)OC[C@H]1O[C@@H](n2cnc3c(On4nnc5ccccc54)nc(N)nc32)C[C@@H]1O[Si](C)(C)C(C)(C)C. The molecule has 228 valence electrons. The van der Waals surface area contributed by atoms with Gasteiger partial charge in [-0.2, -0.15) is 9.97 Å². The van der Waals surface area contributed by atoms with Gasteiger partial charge in [0.25, 0.3) is 5.88 Å². The molecule has 3 atom stereocenters. The van der Waals surface area contributed by atoms with Crippen LogP contribution in [0.3, 0.4) is 0 Å². The fraction of sp³-hybridized carbons (Fsp3) is 0.607. The lowest BCUT2D eigenvalue weighted by Crippen LogP contribution is -2.48. The highest BCUT2D eigenvalue weighted by Gasteiger charge is 2.47. The molecule has 1 aliphatic heterocycles. The molecule has 0 bridgehead atoms. The molecule has 12 nitrogen and oxygen atoms in total. The first kappa shape index (κ1) is 30.5. The van der Waals surface area contributed by atoms with Gasteiger partial charge >= 0.3 is 0 Å². The number of nitrogen functional groups attached to an aromatic ring is 1. The largest absolute Gasteiger partial charge is 0.414 e. The summed E-state index contributed by atoms with van der Waals surface area (Å²) in [6, 6.07) is 7.48. The van der Waals surface area contributed by atoms with Gasteiger partial charge in [0.1, 0.15) is 23.4 Å². The zero-order valence-electron chi connectivity index (χ0n) is 26.4. The van der Waals surface area contributed by atoms with Crippen molar-refractivity contribution in [2.24, 2.45) is 0 Å². The van der Waals surface area contributed by atoms with Gasteiger partial charge in [-0.1, -0.05) is 58.5 Å². The fourth-order valence-electron chi connectivity index (χ4n) is 4.39.